The van der Waals surface area contributed by atoms with E-state index in [9.17, 15) is 22.8 Å². The first-order valence-electron chi connectivity index (χ1n) is 9.04. The van der Waals surface area contributed by atoms with Crippen LogP contribution in [-0.4, -0.2) is 29.3 Å². The van der Waals surface area contributed by atoms with E-state index in [4.69, 9.17) is 0 Å². The molecule has 0 spiro atoms. The molecule has 1 aliphatic carbocycles. The summed E-state index contributed by atoms with van der Waals surface area (Å²) in [6, 6.07) is 12.0. The Hall–Kier alpha value is -2.83. The van der Waals surface area contributed by atoms with E-state index in [1.165, 1.54) is 0 Å². The molecule has 0 heterocycles. The number of carbonyl (C=O) groups is 2. The monoisotopic (exact) mass is 390 g/mol. The van der Waals surface area contributed by atoms with Crippen LogP contribution >= 0.6 is 0 Å². The van der Waals surface area contributed by atoms with E-state index in [2.05, 4.69) is 5.32 Å². The Morgan fingerprint density at radius 3 is 2.36 bits per heavy atom. The Morgan fingerprint density at radius 1 is 1.11 bits per heavy atom. The van der Waals surface area contributed by atoms with Crippen LogP contribution < -0.4 is 5.32 Å². The van der Waals surface area contributed by atoms with Gasteiger partial charge in [0.15, 0.2) is 0 Å². The van der Waals surface area contributed by atoms with Crippen LogP contribution in [0, 0.1) is 6.92 Å². The summed E-state index contributed by atoms with van der Waals surface area (Å²) < 4.78 is 37.8. The van der Waals surface area contributed by atoms with Gasteiger partial charge < -0.3 is 10.2 Å². The summed E-state index contributed by atoms with van der Waals surface area (Å²) >= 11 is 0. The third kappa shape index (κ3) is 5.12. The first-order chi connectivity index (χ1) is 13.2. The summed E-state index contributed by atoms with van der Waals surface area (Å²) in [5.74, 6) is -0.780. The van der Waals surface area contributed by atoms with Gasteiger partial charge in [-0.2, -0.15) is 13.2 Å². The number of benzene rings is 2. The maximum absolute atomic E-state index is 12.6. The lowest BCUT2D eigenvalue weighted by atomic mass is 10.1. The van der Waals surface area contributed by atoms with Gasteiger partial charge in [0, 0.05) is 18.2 Å². The van der Waals surface area contributed by atoms with Crippen LogP contribution in [0.1, 0.15) is 39.9 Å². The van der Waals surface area contributed by atoms with Gasteiger partial charge in [-0.3, -0.25) is 9.59 Å². The Balaban J connectivity index is 1.59. The van der Waals surface area contributed by atoms with Crippen LogP contribution in [0.4, 0.5) is 13.2 Å². The van der Waals surface area contributed by atoms with Gasteiger partial charge in [-0.15, -0.1) is 0 Å². The molecule has 2 amide bonds. The van der Waals surface area contributed by atoms with E-state index < -0.39 is 17.6 Å². The van der Waals surface area contributed by atoms with Gasteiger partial charge in [-0.1, -0.05) is 29.8 Å². The predicted octanol–water partition coefficient (Wildman–Crippen LogP) is 3.93. The zero-order chi connectivity index (χ0) is 20.3. The Labute approximate surface area is 161 Å². The van der Waals surface area contributed by atoms with Crippen LogP contribution in [-0.2, 0) is 17.5 Å². The summed E-state index contributed by atoms with van der Waals surface area (Å²) in [5.41, 5.74) is 1.39. The zero-order valence-corrected chi connectivity index (χ0v) is 15.4. The lowest BCUT2D eigenvalue weighted by Crippen LogP contribution is -2.41. The van der Waals surface area contributed by atoms with Crippen molar-refractivity contribution in [1.82, 2.24) is 10.2 Å². The number of nitrogens with one attached hydrogen (secondary N) is 1. The van der Waals surface area contributed by atoms with Crippen molar-refractivity contribution in [3.63, 3.8) is 0 Å². The Kier molecular flexibility index (Phi) is 5.72. The van der Waals surface area contributed by atoms with Gasteiger partial charge in [0.2, 0.25) is 5.91 Å². The molecule has 0 aliphatic heterocycles. The molecular formula is C21H21F3N2O2. The molecule has 1 fully saturated rings. The number of amides is 2. The number of nitrogens with zero attached hydrogens (tertiary/aromatic N) is 1. The number of hydrogen-bond donors (Lipinski definition) is 1. The molecule has 0 saturated heterocycles. The molecule has 2 aromatic carbocycles. The quantitative estimate of drug-likeness (QED) is 0.812. The molecule has 2 aromatic rings. The van der Waals surface area contributed by atoms with Crippen molar-refractivity contribution in [3.8, 4) is 0 Å². The van der Waals surface area contributed by atoms with Crippen LogP contribution in [0.3, 0.4) is 0 Å². The molecule has 1 N–H and O–H groups in total. The van der Waals surface area contributed by atoms with Crippen molar-refractivity contribution < 1.29 is 22.8 Å². The number of alkyl halides is 3. The van der Waals surface area contributed by atoms with Gasteiger partial charge in [-0.05, 0) is 49.6 Å². The number of hydrogen-bond acceptors (Lipinski definition) is 2. The van der Waals surface area contributed by atoms with Crippen molar-refractivity contribution in [2.45, 2.75) is 38.5 Å². The van der Waals surface area contributed by atoms with E-state index in [1.807, 2.05) is 31.2 Å². The average molecular weight is 390 g/mol. The van der Waals surface area contributed by atoms with Gasteiger partial charge >= 0.3 is 6.18 Å². The van der Waals surface area contributed by atoms with Crippen LogP contribution in [0.15, 0.2) is 48.5 Å². The second-order valence-electron chi connectivity index (χ2n) is 7.00. The lowest BCUT2D eigenvalue weighted by Gasteiger charge is -2.23. The molecule has 1 saturated carbocycles. The maximum Gasteiger partial charge on any atom is 0.416 e. The molecule has 0 radical (unpaired) electrons. The minimum atomic E-state index is -4.45. The fourth-order valence-electron chi connectivity index (χ4n) is 2.98. The summed E-state index contributed by atoms with van der Waals surface area (Å²) in [6.07, 6.45) is -2.58. The third-order valence-electron chi connectivity index (χ3n) is 4.62. The molecule has 28 heavy (non-hydrogen) atoms. The number of rotatable bonds is 6. The molecule has 0 atom stereocenters. The van der Waals surface area contributed by atoms with Gasteiger partial charge in [-0.25, -0.2) is 0 Å². The summed E-state index contributed by atoms with van der Waals surface area (Å²) in [4.78, 5) is 26.5. The van der Waals surface area contributed by atoms with Crippen molar-refractivity contribution >= 4 is 11.8 Å². The molecule has 1 aliphatic rings. The minimum absolute atomic E-state index is 0.0810. The van der Waals surface area contributed by atoms with E-state index in [0.29, 0.717) is 6.54 Å². The van der Waals surface area contributed by atoms with Crippen molar-refractivity contribution in [2.75, 3.05) is 6.54 Å². The average Bonchev–Trinajstić information content (AvgIpc) is 3.48. The largest absolute Gasteiger partial charge is 0.416 e. The summed E-state index contributed by atoms with van der Waals surface area (Å²) in [5, 5.41) is 2.51. The number of halogens is 3. The molecule has 4 nitrogen and oxygen atoms in total. The molecule has 0 aromatic heterocycles. The maximum atomic E-state index is 12.6. The smallest absolute Gasteiger partial charge is 0.343 e. The second-order valence-corrected chi connectivity index (χ2v) is 7.00. The molecule has 148 valence electrons. The Morgan fingerprint density at radius 2 is 1.79 bits per heavy atom. The highest BCUT2D eigenvalue weighted by atomic mass is 19.4. The van der Waals surface area contributed by atoms with Crippen LogP contribution in [0.2, 0.25) is 0 Å². The van der Waals surface area contributed by atoms with Crippen LogP contribution in [0.5, 0.6) is 0 Å². The van der Waals surface area contributed by atoms with E-state index in [0.717, 1.165) is 48.2 Å². The molecule has 3 rings (SSSR count). The SMILES string of the molecule is Cc1cccc(CN(C(=O)CNC(=O)c2ccc(C(F)(F)F)cc2)C2CC2)c1. The topological polar surface area (TPSA) is 49.4 Å². The predicted molar refractivity (Wildman–Crippen MR) is 98.5 cm³/mol. The zero-order valence-electron chi connectivity index (χ0n) is 15.4. The number of aryl methyl sites for hydroxylation is 1. The van der Waals surface area contributed by atoms with E-state index in [1.54, 1.807) is 4.90 Å². The fraction of sp³-hybridized carbons (Fsp3) is 0.333. The van der Waals surface area contributed by atoms with Crippen molar-refractivity contribution in [2.24, 2.45) is 0 Å². The summed E-state index contributed by atoms with van der Waals surface area (Å²) in [7, 11) is 0. The van der Waals surface area contributed by atoms with Gasteiger partial charge in [0.1, 0.15) is 0 Å². The highest BCUT2D eigenvalue weighted by Crippen LogP contribution is 2.29. The fourth-order valence-corrected chi connectivity index (χ4v) is 2.98. The standard InChI is InChI=1S/C21H21F3N2O2/c1-14-3-2-4-15(11-14)13-26(18-9-10-18)19(27)12-25-20(28)16-5-7-17(8-6-16)21(22,23)24/h2-8,11,18H,9-10,12-13H2,1H3,(H,25,28). The highest BCUT2D eigenvalue weighted by molar-refractivity contribution is 5.96. The molecule has 7 heteroatoms. The number of carbonyl (C=O) groups excluding carboxylic acids is 2. The normalized spacial score (nSPS) is 13.9. The van der Waals surface area contributed by atoms with Gasteiger partial charge in [0.05, 0.1) is 12.1 Å². The first kappa shape index (κ1) is 19.9. The second kappa shape index (κ2) is 8.04. The van der Waals surface area contributed by atoms with E-state index >= 15 is 0 Å². The van der Waals surface area contributed by atoms with Gasteiger partial charge in [0.25, 0.3) is 5.91 Å². The van der Waals surface area contributed by atoms with Crippen molar-refractivity contribution in [1.29, 1.82) is 0 Å². The molecular weight excluding hydrogens is 369 g/mol. The van der Waals surface area contributed by atoms with E-state index in [-0.39, 0.29) is 24.1 Å². The van der Waals surface area contributed by atoms with Crippen molar-refractivity contribution in [3.05, 3.63) is 70.8 Å². The molecule has 0 bridgehead atoms. The minimum Gasteiger partial charge on any atom is -0.343 e. The Bertz CT molecular complexity index is 859. The lowest BCUT2D eigenvalue weighted by molar-refractivity contribution is -0.137. The molecule has 0 unspecified atom stereocenters. The summed E-state index contributed by atoms with van der Waals surface area (Å²) in [6.45, 7) is 2.26. The third-order valence-corrected chi connectivity index (χ3v) is 4.62. The highest BCUT2D eigenvalue weighted by Gasteiger charge is 2.33. The first-order valence-corrected chi connectivity index (χ1v) is 9.04. The van der Waals surface area contributed by atoms with Crippen LogP contribution in [0.25, 0.3) is 0 Å².